The van der Waals surface area contributed by atoms with Crippen molar-refractivity contribution >= 4 is 12.9 Å². The van der Waals surface area contributed by atoms with Crippen molar-refractivity contribution in [3.05, 3.63) is 41.2 Å². The van der Waals surface area contributed by atoms with Crippen LogP contribution in [0.3, 0.4) is 0 Å². The minimum Gasteiger partial charge on any atom is -0.494 e. The molecule has 3 rings (SSSR count). The number of rotatable bonds is 10. The van der Waals surface area contributed by atoms with Crippen LogP contribution < -0.4 is 4.74 Å². The standard InChI is InChI=1S/C25H38N4O2/c1-5-25-22-17-20(31-14-8-11-28-12-15-30-16-13-28)9-10-21(22)23(19-29(25)7-3)24(26-4)18-27-6-2/h6,9-10,17-18,23,25H,4-5,7-8,11-16,19H2,1-3H3/b24-18-,27-6?/t23-,25?/m1/s1. The molecule has 6 heteroatoms. The van der Waals surface area contributed by atoms with Gasteiger partial charge in [-0.2, -0.15) is 0 Å². The van der Waals surface area contributed by atoms with Crippen LogP contribution in [0.5, 0.6) is 5.75 Å². The van der Waals surface area contributed by atoms with Crippen molar-refractivity contribution in [3.8, 4) is 5.75 Å². The van der Waals surface area contributed by atoms with Gasteiger partial charge in [0.15, 0.2) is 0 Å². The maximum absolute atomic E-state index is 6.16. The number of morpholine rings is 1. The van der Waals surface area contributed by atoms with Gasteiger partial charge in [0.05, 0.1) is 25.5 Å². The van der Waals surface area contributed by atoms with E-state index in [4.69, 9.17) is 9.47 Å². The molecule has 0 spiro atoms. The number of aliphatic imine (C=N–C) groups is 2. The molecule has 1 unspecified atom stereocenters. The highest BCUT2D eigenvalue weighted by Gasteiger charge is 2.33. The first-order chi connectivity index (χ1) is 15.2. The molecular formula is C25H38N4O2. The third kappa shape index (κ3) is 6.03. The summed E-state index contributed by atoms with van der Waals surface area (Å²) in [5, 5.41) is 0. The molecular weight excluding hydrogens is 388 g/mol. The molecule has 0 saturated carbocycles. The third-order valence-corrected chi connectivity index (χ3v) is 6.33. The van der Waals surface area contributed by atoms with Gasteiger partial charge in [-0.15, -0.1) is 0 Å². The molecule has 1 aromatic rings. The van der Waals surface area contributed by atoms with Crippen molar-refractivity contribution in [2.75, 3.05) is 52.5 Å². The van der Waals surface area contributed by atoms with E-state index in [1.807, 2.05) is 13.1 Å². The highest BCUT2D eigenvalue weighted by atomic mass is 16.5. The largest absolute Gasteiger partial charge is 0.494 e. The summed E-state index contributed by atoms with van der Waals surface area (Å²) in [6.07, 6.45) is 5.73. The Hall–Kier alpha value is -2.02. The maximum Gasteiger partial charge on any atom is 0.119 e. The molecule has 0 N–H and O–H groups in total. The van der Waals surface area contributed by atoms with Gasteiger partial charge in [0.2, 0.25) is 0 Å². The number of hydrogen-bond acceptors (Lipinski definition) is 6. The summed E-state index contributed by atoms with van der Waals surface area (Å²) in [7, 11) is 0. The van der Waals surface area contributed by atoms with Crippen LogP contribution in [0.2, 0.25) is 0 Å². The average Bonchev–Trinajstić information content (AvgIpc) is 2.82. The second-order valence-electron chi connectivity index (χ2n) is 8.13. The van der Waals surface area contributed by atoms with E-state index in [0.29, 0.717) is 6.04 Å². The van der Waals surface area contributed by atoms with E-state index in [1.54, 1.807) is 6.21 Å². The highest BCUT2D eigenvalue weighted by Crippen LogP contribution is 2.42. The summed E-state index contributed by atoms with van der Waals surface area (Å²) in [5.74, 6) is 1.13. The van der Waals surface area contributed by atoms with Crippen molar-refractivity contribution in [1.29, 1.82) is 0 Å². The summed E-state index contributed by atoms with van der Waals surface area (Å²) in [5.41, 5.74) is 3.59. The molecule has 31 heavy (non-hydrogen) atoms. The lowest BCUT2D eigenvalue weighted by Crippen LogP contribution is -2.38. The van der Waals surface area contributed by atoms with E-state index >= 15 is 0 Å². The zero-order valence-electron chi connectivity index (χ0n) is 19.4. The molecule has 0 radical (unpaired) electrons. The predicted octanol–water partition coefficient (Wildman–Crippen LogP) is 4.29. The zero-order chi connectivity index (χ0) is 22.1. The fourth-order valence-electron chi connectivity index (χ4n) is 4.68. The Morgan fingerprint density at radius 1 is 1.26 bits per heavy atom. The minimum absolute atomic E-state index is 0.175. The van der Waals surface area contributed by atoms with Crippen LogP contribution >= 0.6 is 0 Å². The second kappa shape index (κ2) is 12.1. The first-order valence-corrected chi connectivity index (χ1v) is 11.7. The molecule has 170 valence electrons. The first-order valence-electron chi connectivity index (χ1n) is 11.7. The number of hydrogen-bond donors (Lipinski definition) is 0. The summed E-state index contributed by atoms with van der Waals surface area (Å²) in [4.78, 5) is 13.6. The Bertz CT molecular complexity index is 771. The molecule has 1 saturated heterocycles. The Balaban J connectivity index is 1.75. The summed E-state index contributed by atoms with van der Waals surface area (Å²) < 4.78 is 11.6. The highest BCUT2D eigenvalue weighted by molar-refractivity contribution is 5.55. The van der Waals surface area contributed by atoms with E-state index in [2.05, 4.69) is 58.5 Å². The Morgan fingerprint density at radius 3 is 2.74 bits per heavy atom. The lowest BCUT2D eigenvalue weighted by molar-refractivity contribution is 0.0358. The van der Waals surface area contributed by atoms with Gasteiger partial charge in [-0.25, -0.2) is 0 Å². The van der Waals surface area contributed by atoms with Gasteiger partial charge in [0.25, 0.3) is 0 Å². The lowest BCUT2D eigenvalue weighted by atomic mass is 9.82. The molecule has 0 amide bonds. The lowest BCUT2D eigenvalue weighted by Gasteiger charge is -2.40. The van der Waals surface area contributed by atoms with Crippen LogP contribution in [-0.4, -0.2) is 75.3 Å². The number of ether oxygens (including phenoxy) is 2. The van der Waals surface area contributed by atoms with E-state index in [9.17, 15) is 0 Å². The second-order valence-corrected chi connectivity index (χ2v) is 8.13. The summed E-state index contributed by atoms with van der Waals surface area (Å²) in [6.45, 7) is 17.7. The Labute approximate surface area is 187 Å². The van der Waals surface area contributed by atoms with Crippen LogP contribution in [0.1, 0.15) is 56.7 Å². The molecule has 2 heterocycles. The molecule has 0 aromatic heterocycles. The minimum atomic E-state index is 0.175. The van der Waals surface area contributed by atoms with Crippen molar-refractivity contribution in [3.63, 3.8) is 0 Å². The molecule has 1 aromatic carbocycles. The van der Waals surface area contributed by atoms with E-state index < -0.39 is 0 Å². The van der Waals surface area contributed by atoms with Gasteiger partial charge in [-0.3, -0.25) is 19.8 Å². The topological polar surface area (TPSA) is 49.7 Å². The molecule has 2 atom stereocenters. The Morgan fingerprint density at radius 2 is 2.06 bits per heavy atom. The van der Waals surface area contributed by atoms with Gasteiger partial charge in [-0.05, 0) is 56.3 Å². The summed E-state index contributed by atoms with van der Waals surface area (Å²) >= 11 is 0. The van der Waals surface area contributed by atoms with Crippen LogP contribution in [0, 0.1) is 0 Å². The van der Waals surface area contributed by atoms with E-state index in [0.717, 1.165) is 76.8 Å². The molecule has 0 bridgehead atoms. The van der Waals surface area contributed by atoms with Crippen LogP contribution in [0.25, 0.3) is 0 Å². The fourth-order valence-corrected chi connectivity index (χ4v) is 4.68. The number of fused-ring (bicyclic) bond motifs is 1. The molecule has 6 nitrogen and oxygen atoms in total. The van der Waals surface area contributed by atoms with Crippen LogP contribution in [0.15, 0.2) is 40.1 Å². The fraction of sp³-hybridized carbons (Fsp3) is 0.600. The van der Waals surface area contributed by atoms with E-state index in [-0.39, 0.29) is 5.92 Å². The molecule has 2 aliphatic heterocycles. The van der Waals surface area contributed by atoms with Gasteiger partial charge < -0.3 is 9.47 Å². The smallest absolute Gasteiger partial charge is 0.119 e. The van der Waals surface area contributed by atoms with Gasteiger partial charge >= 0.3 is 0 Å². The predicted molar refractivity (Wildman–Crippen MR) is 129 cm³/mol. The SMILES string of the molecule is C=N/C(=C\N=CC)[C@@H]1CN(CC)C(CC)c2cc(OCCCN3CCOCC3)ccc21. The van der Waals surface area contributed by atoms with Gasteiger partial charge in [0.1, 0.15) is 5.75 Å². The molecule has 2 aliphatic rings. The Kier molecular flexibility index (Phi) is 9.25. The normalized spacial score (nSPS) is 23.1. The number of likely N-dealkylation sites (N-methyl/N-ethyl adjacent to an activating group) is 1. The zero-order valence-corrected chi connectivity index (χ0v) is 19.4. The monoisotopic (exact) mass is 426 g/mol. The van der Waals surface area contributed by atoms with Crippen molar-refractivity contribution in [2.45, 2.75) is 45.6 Å². The average molecular weight is 427 g/mol. The van der Waals surface area contributed by atoms with E-state index in [1.165, 1.54) is 11.1 Å². The molecule has 0 aliphatic carbocycles. The van der Waals surface area contributed by atoms with Crippen molar-refractivity contribution < 1.29 is 9.47 Å². The maximum atomic E-state index is 6.16. The van der Waals surface area contributed by atoms with Gasteiger partial charge in [0, 0.05) is 50.6 Å². The number of nitrogens with zero attached hydrogens (tertiary/aromatic N) is 4. The first kappa shape index (κ1) is 23.6. The summed E-state index contributed by atoms with van der Waals surface area (Å²) in [6, 6.07) is 6.98. The quantitative estimate of drug-likeness (QED) is 0.414. The van der Waals surface area contributed by atoms with Crippen LogP contribution in [0.4, 0.5) is 0 Å². The van der Waals surface area contributed by atoms with Crippen molar-refractivity contribution in [2.24, 2.45) is 9.98 Å². The van der Waals surface area contributed by atoms with Crippen molar-refractivity contribution in [1.82, 2.24) is 9.80 Å². The van der Waals surface area contributed by atoms with Gasteiger partial charge in [-0.1, -0.05) is 19.9 Å². The van der Waals surface area contributed by atoms with Crippen LogP contribution in [-0.2, 0) is 4.74 Å². The number of benzene rings is 1. The third-order valence-electron chi connectivity index (χ3n) is 6.33. The molecule has 1 fully saturated rings.